The number of thiocarbonyl (C=S) groups is 1. The van der Waals surface area contributed by atoms with Gasteiger partial charge in [-0.15, -0.1) is 0 Å². The first-order chi connectivity index (χ1) is 8.67. The van der Waals surface area contributed by atoms with Crippen LogP contribution < -0.4 is 5.32 Å². The fourth-order valence-corrected chi connectivity index (χ4v) is 3.27. The summed E-state index contributed by atoms with van der Waals surface area (Å²) in [4.78, 5) is 12.4. The molecule has 1 rings (SSSR count). The highest BCUT2D eigenvalue weighted by Gasteiger charge is 2.23. The molecule has 0 spiro atoms. The van der Waals surface area contributed by atoms with Crippen molar-refractivity contribution in [2.24, 2.45) is 5.92 Å². The number of amides is 1. The Morgan fingerprint density at radius 1 is 1.22 bits per heavy atom. The van der Waals surface area contributed by atoms with E-state index in [0.717, 1.165) is 11.3 Å². The van der Waals surface area contributed by atoms with E-state index in [-0.39, 0.29) is 5.91 Å². The molecule has 4 heteroatoms. The minimum absolute atomic E-state index is 0.0142. The summed E-state index contributed by atoms with van der Waals surface area (Å²) in [5.41, 5.74) is 0. The van der Waals surface area contributed by atoms with Gasteiger partial charge < -0.3 is 5.32 Å². The maximum atomic E-state index is 11.6. The SMILES string of the molecule is CCCCCCC(/C=C1\SC(=S)NC1=O)CCC. The normalized spacial score (nSPS) is 19.3. The standard InChI is InChI=1S/C14H23NOS2/c1-3-5-6-7-9-11(8-4-2)10-12-13(16)15-14(17)18-12/h10-11H,3-9H2,1-2H3,(H,15,16,17)/b12-10-. The Morgan fingerprint density at radius 3 is 2.56 bits per heavy atom. The molecule has 0 aromatic rings. The zero-order chi connectivity index (χ0) is 13.4. The largest absolute Gasteiger partial charge is 0.307 e. The minimum Gasteiger partial charge on any atom is -0.307 e. The molecule has 1 saturated heterocycles. The Kier molecular flexibility index (Phi) is 7.59. The van der Waals surface area contributed by atoms with E-state index in [9.17, 15) is 4.79 Å². The molecule has 1 atom stereocenters. The van der Waals surface area contributed by atoms with Crippen LogP contribution in [0, 0.1) is 5.92 Å². The topological polar surface area (TPSA) is 29.1 Å². The smallest absolute Gasteiger partial charge is 0.263 e. The second kappa shape index (κ2) is 8.70. The zero-order valence-electron chi connectivity index (χ0n) is 11.3. The Bertz CT molecular complexity index is 326. The van der Waals surface area contributed by atoms with Crippen LogP contribution in [0.5, 0.6) is 0 Å². The van der Waals surface area contributed by atoms with Crippen molar-refractivity contribution >= 4 is 34.2 Å². The summed E-state index contributed by atoms with van der Waals surface area (Å²) in [6.45, 7) is 4.43. The van der Waals surface area contributed by atoms with Gasteiger partial charge in [-0.3, -0.25) is 4.79 Å². The molecule has 0 saturated carbocycles. The van der Waals surface area contributed by atoms with E-state index in [2.05, 4.69) is 25.2 Å². The number of unbranched alkanes of at least 4 members (excludes halogenated alkanes) is 3. The lowest BCUT2D eigenvalue weighted by atomic mass is 9.95. The van der Waals surface area contributed by atoms with Crippen LogP contribution in [-0.4, -0.2) is 10.2 Å². The van der Waals surface area contributed by atoms with E-state index in [1.165, 1.54) is 50.3 Å². The van der Waals surface area contributed by atoms with Crippen LogP contribution in [0.2, 0.25) is 0 Å². The quantitative estimate of drug-likeness (QED) is 0.407. The second-order valence-corrected chi connectivity index (χ2v) is 6.49. The molecule has 1 aliphatic heterocycles. The summed E-state index contributed by atoms with van der Waals surface area (Å²) < 4.78 is 0.590. The molecule has 1 unspecified atom stereocenters. The summed E-state index contributed by atoms with van der Waals surface area (Å²) in [5, 5.41) is 2.68. The number of allylic oxidation sites excluding steroid dienone is 1. The lowest BCUT2D eigenvalue weighted by Crippen LogP contribution is -2.18. The van der Waals surface area contributed by atoms with Crippen LogP contribution in [0.1, 0.15) is 58.8 Å². The molecule has 1 heterocycles. The van der Waals surface area contributed by atoms with Crippen LogP contribution in [0.25, 0.3) is 0 Å². The first-order valence-electron chi connectivity index (χ1n) is 6.92. The van der Waals surface area contributed by atoms with Crippen molar-refractivity contribution in [3.8, 4) is 0 Å². The zero-order valence-corrected chi connectivity index (χ0v) is 13.0. The number of nitrogens with one attached hydrogen (secondary N) is 1. The maximum Gasteiger partial charge on any atom is 0.263 e. The number of hydrogen-bond donors (Lipinski definition) is 1. The van der Waals surface area contributed by atoms with Crippen LogP contribution in [-0.2, 0) is 4.79 Å². The summed E-state index contributed by atoms with van der Waals surface area (Å²) in [7, 11) is 0. The van der Waals surface area contributed by atoms with Crippen molar-refractivity contribution in [3.05, 3.63) is 11.0 Å². The molecule has 0 aromatic carbocycles. The van der Waals surface area contributed by atoms with Crippen molar-refractivity contribution in [3.63, 3.8) is 0 Å². The predicted molar refractivity (Wildman–Crippen MR) is 83.6 cm³/mol. The third-order valence-corrected chi connectivity index (χ3v) is 4.30. The third-order valence-electron chi connectivity index (χ3n) is 3.12. The molecular weight excluding hydrogens is 262 g/mol. The summed E-state index contributed by atoms with van der Waals surface area (Å²) >= 11 is 6.41. The van der Waals surface area contributed by atoms with E-state index in [4.69, 9.17) is 12.2 Å². The van der Waals surface area contributed by atoms with Gasteiger partial charge in [0.1, 0.15) is 4.32 Å². The highest BCUT2D eigenvalue weighted by molar-refractivity contribution is 8.26. The molecule has 0 aromatic heterocycles. The van der Waals surface area contributed by atoms with Crippen molar-refractivity contribution in [2.45, 2.75) is 58.8 Å². The predicted octanol–water partition coefficient (Wildman–Crippen LogP) is 4.40. The first kappa shape index (κ1) is 15.7. The molecule has 102 valence electrons. The highest BCUT2D eigenvalue weighted by Crippen LogP contribution is 2.28. The third kappa shape index (κ3) is 5.53. The number of carbonyl (C=O) groups excluding carboxylic acids is 1. The molecule has 18 heavy (non-hydrogen) atoms. The van der Waals surface area contributed by atoms with Crippen LogP contribution in [0.4, 0.5) is 0 Å². The van der Waals surface area contributed by atoms with Gasteiger partial charge >= 0.3 is 0 Å². The average molecular weight is 285 g/mol. The van der Waals surface area contributed by atoms with Crippen LogP contribution in [0.3, 0.4) is 0 Å². The number of hydrogen-bond acceptors (Lipinski definition) is 3. The molecule has 0 bridgehead atoms. The first-order valence-corrected chi connectivity index (χ1v) is 8.14. The molecule has 0 aliphatic carbocycles. The number of carbonyl (C=O) groups is 1. The average Bonchev–Trinajstić information content (AvgIpc) is 2.63. The van der Waals surface area contributed by atoms with E-state index < -0.39 is 0 Å². The van der Waals surface area contributed by atoms with Gasteiger partial charge in [0, 0.05) is 0 Å². The van der Waals surface area contributed by atoms with Crippen LogP contribution in [0.15, 0.2) is 11.0 Å². The van der Waals surface area contributed by atoms with E-state index >= 15 is 0 Å². The molecule has 1 aliphatic rings. The Labute approximate surface area is 120 Å². The molecule has 1 fully saturated rings. The van der Waals surface area contributed by atoms with Crippen molar-refractivity contribution in [1.82, 2.24) is 5.32 Å². The number of thioether (sulfide) groups is 1. The summed E-state index contributed by atoms with van der Waals surface area (Å²) in [6.07, 6.45) is 10.8. The molecular formula is C14H23NOS2. The molecule has 1 N–H and O–H groups in total. The number of rotatable bonds is 8. The fraction of sp³-hybridized carbons (Fsp3) is 0.714. The van der Waals surface area contributed by atoms with Gasteiger partial charge in [-0.1, -0.05) is 76.0 Å². The van der Waals surface area contributed by atoms with Gasteiger partial charge in [-0.05, 0) is 18.8 Å². The molecule has 0 radical (unpaired) electrons. The minimum atomic E-state index is -0.0142. The Balaban J connectivity index is 2.48. The van der Waals surface area contributed by atoms with Gasteiger partial charge in [0.15, 0.2) is 0 Å². The highest BCUT2D eigenvalue weighted by atomic mass is 32.2. The van der Waals surface area contributed by atoms with Crippen molar-refractivity contribution in [2.75, 3.05) is 0 Å². The monoisotopic (exact) mass is 285 g/mol. The molecule has 2 nitrogen and oxygen atoms in total. The fourth-order valence-electron chi connectivity index (χ4n) is 2.16. The summed E-state index contributed by atoms with van der Waals surface area (Å²) in [6, 6.07) is 0. The molecule has 1 amide bonds. The van der Waals surface area contributed by atoms with Crippen molar-refractivity contribution in [1.29, 1.82) is 0 Å². The van der Waals surface area contributed by atoms with Crippen molar-refractivity contribution < 1.29 is 4.79 Å². The van der Waals surface area contributed by atoms with E-state index in [1.807, 2.05) is 0 Å². The van der Waals surface area contributed by atoms with Gasteiger partial charge in [0.05, 0.1) is 4.91 Å². The Hall–Kier alpha value is -0.350. The van der Waals surface area contributed by atoms with Gasteiger partial charge in [0.2, 0.25) is 0 Å². The lowest BCUT2D eigenvalue weighted by Gasteiger charge is -2.11. The van der Waals surface area contributed by atoms with Gasteiger partial charge in [-0.2, -0.15) is 0 Å². The van der Waals surface area contributed by atoms with E-state index in [0.29, 0.717) is 10.2 Å². The summed E-state index contributed by atoms with van der Waals surface area (Å²) in [5.74, 6) is 0.515. The maximum absolute atomic E-state index is 11.6. The Morgan fingerprint density at radius 2 is 2.00 bits per heavy atom. The van der Waals surface area contributed by atoms with Gasteiger partial charge in [-0.25, -0.2) is 0 Å². The van der Waals surface area contributed by atoms with Crippen LogP contribution >= 0.6 is 24.0 Å². The van der Waals surface area contributed by atoms with Gasteiger partial charge in [0.25, 0.3) is 5.91 Å². The van der Waals surface area contributed by atoms with E-state index in [1.54, 1.807) is 0 Å². The lowest BCUT2D eigenvalue weighted by molar-refractivity contribution is -0.115. The second-order valence-electron chi connectivity index (χ2n) is 4.77.